The number of aromatic nitrogens is 3. The molecule has 2 heterocycles. The van der Waals surface area contributed by atoms with E-state index in [2.05, 4.69) is 20.3 Å². The molecule has 0 saturated heterocycles. The number of fused-ring (bicyclic) bond motifs is 1. The highest BCUT2D eigenvalue weighted by atomic mass is 32.1. The van der Waals surface area contributed by atoms with Crippen LogP contribution in [-0.4, -0.2) is 27.4 Å². The normalized spacial score (nSPS) is 10.7. The third kappa shape index (κ3) is 2.75. The van der Waals surface area contributed by atoms with E-state index in [9.17, 15) is 4.79 Å². The molecular weight excluding hydrogens is 284 g/mol. The van der Waals surface area contributed by atoms with Gasteiger partial charge in [-0.05, 0) is 18.6 Å². The number of hydrogen-bond donors (Lipinski definition) is 1. The molecule has 0 saturated carbocycles. The number of amides is 1. The highest BCUT2D eigenvalue weighted by molar-refractivity contribution is 7.21. The van der Waals surface area contributed by atoms with E-state index in [1.54, 1.807) is 6.20 Å². The second-order valence-electron chi connectivity index (χ2n) is 4.50. The van der Waals surface area contributed by atoms with Crippen molar-refractivity contribution >= 4 is 27.5 Å². The molecule has 0 unspecified atom stereocenters. The first-order valence-corrected chi connectivity index (χ1v) is 7.56. The van der Waals surface area contributed by atoms with Crippen molar-refractivity contribution in [3.8, 4) is 10.7 Å². The average molecular weight is 298 g/mol. The summed E-state index contributed by atoms with van der Waals surface area (Å²) in [7, 11) is 0. The van der Waals surface area contributed by atoms with Crippen LogP contribution in [0.15, 0.2) is 36.7 Å². The minimum atomic E-state index is -0.209. The zero-order chi connectivity index (χ0) is 14.7. The van der Waals surface area contributed by atoms with Crippen molar-refractivity contribution in [2.45, 2.75) is 13.3 Å². The van der Waals surface area contributed by atoms with E-state index in [4.69, 9.17) is 0 Å². The molecule has 1 N–H and O–H groups in total. The second-order valence-corrected chi connectivity index (χ2v) is 5.53. The predicted molar refractivity (Wildman–Crippen MR) is 83.3 cm³/mol. The molecule has 0 radical (unpaired) electrons. The lowest BCUT2D eigenvalue weighted by Gasteiger charge is -2.05. The van der Waals surface area contributed by atoms with Crippen LogP contribution in [0.2, 0.25) is 0 Å². The smallest absolute Gasteiger partial charge is 0.272 e. The molecule has 2 aromatic heterocycles. The van der Waals surface area contributed by atoms with Crippen molar-refractivity contribution in [3.63, 3.8) is 0 Å². The molecule has 0 bridgehead atoms. The summed E-state index contributed by atoms with van der Waals surface area (Å²) in [5.41, 5.74) is 1.76. The molecule has 21 heavy (non-hydrogen) atoms. The van der Waals surface area contributed by atoms with Crippen LogP contribution in [0.3, 0.4) is 0 Å². The minimum Gasteiger partial charge on any atom is -0.351 e. The zero-order valence-corrected chi connectivity index (χ0v) is 12.4. The number of nitrogens with zero attached hydrogens (tertiary/aromatic N) is 3. The SMILES string of the molecule is CCCNC(=O)c1nccnc1-c1nc2ccccc2s1. The molecule has 5 nitrogen and oxygen atoms in total. The highest BCUT2D eigenvalue weighted by Crippen LogP contribution is 2.29. The molecule has 0 spiro atoms. The number of carbonyl (C=O) groups excluding carboxylic acids is 1. The van der Waals surface area contributed by atoms with Gasteiger partial charge in [0.05, 0.1) is 10.2 Å². The van der Waals surface area contributed by atoms with Gasteiger partial charge in [-0.3, -0.25) is 4.79 Å². The Morgan fingerprint density at radius 2 is 2.05 bits per heavy atom. The molecule has 1 aromatic carbocycles. The first-order chi connectivity index (χ1) is 10.3. The fraction of sp³-hybridized carbons (Fsp3) is 0.200. The monoisotopic (exact) mass is 298 g/mol. The molecule has 0 atom stereocenters. The van der Waals surface area contributed by atoms with Gasteiger partial charge >= 0.3 is 0 Å². The molecule has 3 rings (SSSR count). The van der Waals surface area contributed by atoms with Crippen LogP contribution in [0.1, 0.15) is 23.8 Å². The third-order valence-corrected chi connectivity index (χ3v) is 3.99. The molecule has 0 fully saturated rings. The van der Waals surface area contributed by atoms with E-state index in [0.717, 1.165) is 16.6 Å². The fourth-order valence-corrected chi connectivity index (χ4v) is 2.92. The number of carbonyl (C=O) groups is 1. The van der Waals surface area contributed by atoms with Gasteiger partial charge in [-0.2, -0.15) is 0 Å². The average Bonchev–Trinajstić information content (AvgIpc) is 2.96. The summed E-state index contributed by atoms with van der Waals surface area (Å²) in [6.07, 6.45) is 3.98. The second kappa shape index (κ2) is 5.97. The zero-order valence-electron chi connectivity index (χ0n) is 11.5. The number of benzene rings is 1. The van der Waals surface area contributed by atoms with Gasteiger partial charge in [0.15, 0.2) is 5.69 Å². The van der Waals surface area contributed by atoms with Crippen LogP contribution in [0, 0.1) is 0 Å². The maximum atomic E-state index is 12.2. The van der Waals surface area contributed by atoms with E-state index in [1.807, 2.05) is 31.2 Å². The van der Waals surface area contributed by atoms with Crippen LogP contribution in [0.4, 0.5) is 0 Å². The van der Waals surface area contributed by atoms with Crippen molar-refractivity contribution in [1.29, 1.82) is 0 Å². The van der Waals surface area contributed by atoms with Gasteiger partial charge in [0.25, 0.3) is 5.91 Å². The van der Waals surface area contributed by atoms with Crippen LogP contribution in [0.5, 0.6) is 0 Å². The molecule has 0 aliphatic rings. The Morgan fingerprint density at radius 1 is 1.24 bits per heavy atom. The van der Waals surface area contributed by atoms with Crippen molar-refractivity contribution in [1.82, 2.24) is 20.3 Å². The topological polar surface area (TPSA) is 67.8 Å². The Kier molecular flexibility index (Phi) is 3.87. The summed E-state index contributed by atoms with van der Waals surface area (Å²) in [4.78, 5) is 25.2. The van der Waals surface area contributed by atoms with E-state index in [-0.39, 0.29) is 5.91 Å². The van der Waals surface area contributed by atoms with Gasteiger partial charge in [-0.25, -0.2) is 15.0 Å². The fourth-order valence-electron chi connectivity index (χ4n) is 1.96. The summed E-state index contributed by atoms with van der Waals surface area (Å²) >= 11 is 1.51. The maximum absolute atomic E-state index is 12.2. The Labute approximate surface area is 126 Å². The summed E-state index contributed by atoms with van der Waals surface area (Å²) in [5.74, 6) is -0.209. The first kappa shape index (κ1) is 13.6. The Balaban J connectivity index is 2.03. The minimum absolute atomic E-state index is 0.209. The van der Waals surface area contributed by atoms with Gasteiger partial charge in [0.1, 0.15) is 10.7 Å². The van der Waals surface area contributed by atoms with E-state index >= 15 is 0 Å². The van der Waals surface area contributed by atoms with Gasteiger partial charge in [-0.1, -0.05) is 19.1 Å². The largest absolute Gasteiger partial charge is 0.351 e. The van der Waals surface area contributed by atoms with E-state index in [0.29, 0.717) is 22.9 Å². The summed E-state index contributed by atoms with van der Waals surface area (Å²) in [5, 5.41) is 3.54. The molecule has 3 aromatic rings. The van der Waals surface area contributed by atoms with Crippen molar-refractivity contribution in [2.75, 3.05) is 6.54 Å². The van der Waals surface area contributed by atoms with Crippen molar-refractivity contribution in [3.05, 3.63) is 42.4 Å². The quantitative estimate of drug-likeness (QED) is 0.804. The van der Waals surface area contributed by atoms with Gasteiger partial charge in [0, 0.05) is 18.9 Å². The van der Waals surface area contributed by atoms with E-state index in [1.165, 1.54) is 17.5 Å². The lowest BCUT2D eigenvalue weighted by molar-refractivity contribution is 0.0949. The first-order valence-electron chi connectivity index (χ1n) is 6.74. The molecule has 106 valence electrons. The highest BCUT2D eigenvalue weighted by Gasteiger charge is 2.18. The van der Waals surface area contributed by atoms with Gasteiger partial charge in [-0.15, -0.1) is 11.3 Å². The Morgan fingerprint density at radius 3 is 2.86 bits per heavy atom. The van der Waals surface area contributed by atoms with Crippen LogP contribution >= 0.6 is 11.3 Å². The predicted octanol–water partition coefficient (Wildman–Crippen LogP) is 2.89. The molecule has 0 aliphatic carbocycles. The van der Waals surface area contributed by atoms with Crippen molar-refractivity contribution in [2.24, 2.45) is 0 Å². The summed E-state index contributed by atoms with van der Waals surface area (Å²) < 4.78 is 1.07. The van der Waals surface area contributed by atoms with Gasteiger partial charge < -0.3 is 5.32 Å². The lowest BCUT2D eigenvalue weighted by atomic mass is 10.3. The summed E-state index contributed by atoms with van der Waals surface area (Å²) in [6, 6.07) is 7.86. The standard InChI is InChI=1S/C15H14N4OS/c1-2-7-18-14(20)12-13(17-9-8-16-12)15-19-10-5-3-4-6-11(10)21-15/h3-6,8-9H,2,7H2,1H3,(H,18,20). The number of rotatable bonds is 4. The maximum Gasteiger partial charge on any atom is 0.272 e. The molecule has 0 aliphatic heterocycles. The van der Waals surface area contributed by atoms with E-state index < -0.39 is 0 Å². The van der Waals surface area contributed by atoms with Crippen LogP contribution in [0.25, 0.3) is 20.9 Å². The van der Waals surface area contributed by atoms with Crippen molar-refractivity contribution < 1.29 is 4.79 Å². The Bertz CT molecular complexity index is 751. The lowest BCUT2D eigenvalue weighted by Crippen LogP contribution is -2.25. The number of hydrogen-bond acceptors (Lipinski definition) is 5. The number of para-hydroxylation sites is 1. The molecule has 1 amide bonds. The van der Waals surface area contributed by atoms with Gasteiger partial charge in [0.2, 0.25) is 0 Å². The summed E-state index contributed by atoms with van der Waals surface area (Å²) in [6.45, 7) is 2.63. The number of nitrogens with one attached hydrogen (secondary N) is 1. The molecule has 6 heteroatoms. The number of thiazole rings is 1. The molecular formula is C15H14N4OS. The Hall–Kier alpha value is -2.34. The van der Waals surface area contributed by atoms with Crippen LogP contribution in [-0.2, 0) is 0 Å². The van der Waals surface area contributed by atoms with Crippen LogP contribution < -0.4 is 5.32 Å². The third-order valence-electron chi connectivity index (χ3n) is 2.95.